The van der Waals surface area contributed by atoms with Crippen LogP contribution in [0.15, 0.2) is 0 Å². The van der Waals surface area contributed by atoms with Gasteiger partial charge in [-0.15, -0.1) is 0 Å². The van der Waals surface area contributed by atoms with Crippen molar-refractivity contribution in [2.75, 3.05) is 13.2 Å². The molecule has 2 aliphatic rings. The molecule has 1 spiro atoms. The Balaban J connectivity index is 1.85. The third kappa shape index (κ3) is 3.09. The lowest BCUT2D eigenvalue weighted by Gasteiger charge is -2.44. The molecule has 1 aliphatic carbocycles. The molecule has 0 bridgehead atoms. The van der Waals surface area contributed by atoms with Crippen LogP contribution < -0.4 is 5.32 Å². The summed E-state index contributed by atoms with van der Waals surface area (Å²) in [6.07, 6.45) is 3.36. The Morgan fingerprint density at radius 2 is 1.90 bits per heavy atom. The van der Waals surface area contributed by atoms with Crippen LogP contribution in [0.25, 0.3) is 0 Å². The normalized spacial score (nSPS) is 37.6. The van der Waals surface area contributed by atoms with E-state index in [1.165, 1.54) is 6.92 Å². The maximum Gasteiger partial charge on any atom is 0.265 e. The average Bonchev–Trinajstić information content (AvgIpc) is 2.45. The molecule has 1 aliphatic heterocycles. The second-order valence-electron chi connectivity index (χ2n) is 5.94. The number of ether oxygens (including phenoxy) is 2. The van der Waals surface area contributed by atoms with Crippen molar-refractivity contribution in [3.8, 4) is 0 Å². The molecular formula is C13H22N2O5. The van der Waals surface area contributed by atoms with Gasteiger partial charge in [-0.05, 0) is 12.8 Å². The summed E-state index contributed by atoms with van der Waals surface area (Å²) < 4.78 is 11.4. The molecule has 1 saturated heterocycles. The van der Waals surface area contributed by atoms with Gasteiger partial charge in [0.25, 0.3) is 5.54 Å². The van der Waals surface area contributed by atoms with Gasteiger partial charge in [0.1, 0.15) is 13.2 Å². The topological polar surface area (TPSA) is 90.7 Å². The smallest absolute Gasteiger partial charge is 0.265 e. The summed E-state index contributed by atoms with van der Waals surface area (Å²) in [6.45, 7) is 3.51. The highest BCUT2D eigenvalue weighted by molar-refractivity contribution is 5.75. The van der Waals surface area contributed by atoms with Crippen LogP contribution in [-0.2, 0) is 14.3 Å². The maximum atomic E-state index is 11.4. The van der Waals surface area contributed by atoms with E-state index in [1.807, 2.05) is 6.92 Å². The molecule has 114 valence electrons. The highest BCUT2D eigenvalue weighted by atomic mass is 16.7. The summed E-state index contributed by atoms with van der Waals surface area (Å²) in [5.41, 5.74) is -1.15. The van der Waals surface area contributed by atoms with E-state index in [1.54, 1.807) is 0 Å². The van der Waals surface area contributed by atoms with E-state index >= 15 is 0 Å². The third-order valence-corrected chi connectivity index (χ3v) is 4.17. The first-order valence-electron chi connectivity index (χ1n) is 7.11. The maximum absolute atomic E-state index is 11.4. The molecule has 20 heavy (non-hydrogen) atoms. The summed E-state index contributed by atoms with van der Waals surface area (Å²) in [5, 5.41) is 13.9. The zero-order valence-electron chi connectivity index (χ0n) is 12.0. The highest BCUT2D eigenvalue weighted by Crippen LogP contribution is 2.37. The number of hydrogen-bond acceptors (Lipinski definition) is 5. The Labute approximate surface area is 118 Å². The Hall–Kier alpha value is -1.21. The van der Waals surface area contributed by atoms with Crippen molar-refractivity contribution in [2.24, 2.45) is 0 Å². The fourth-order valence-electron chi connectivity index (χ4n) is 2.58. The SMILES string of the molecule is CCC(=O)NC1CCC2(CC1)OCC(C)([N+](=O)[O-])CO2. The molecule has 7 nitrogen and oxygen atoms in total. The van der Waals surface area contributed by atoms with Gasteiger partial charge in [-0.25, -0.2) is 0 Å². The van der Waals surface area contributed by atoms with Gasteiger partial charge in [-0.2, -0.15) is 0 Å². The Bertz CT molecular complexity index is 380. The van der Waals surface area contributed by atoms with Crippen molar-refractivity contribution in [3.05, 3.63) is 10.1 Å². The quantitative estimate of drug-likeness (QED) is 0.622. The summed E-state index contributed by atoms with van der Waals surface area (Å²) >= 11 is 0. The van der Waals surface area contributed by atoms with E-state index in [4.69, 9.17) is 9.47 Å². The standard InChI is InChI=1S/C13H22N2O5/c1-3-11(16)14-10-4-6-13(7-5-10)19-8-12(2,9-20-13)15(17)18/h10H,3-9H2,1-2H3,(H,14,16). The minimum atomic E-state index is -1.15. The van der Waals surface area contributed by atoms with Crippen molar-refractivity contribution < 1.29 is 19.2 Å². The molecule has 0 aromatic rings. The van der Waals surface area contributed by atoms with Crippen LogP contribution in [0.3, 0.4) is 0 Å². The second kappa shape index (κ2) is 5.65. The van der Waals surface area contributed by atoms with Crippen molar-refractivity contribution >= 4 is 5.91 Å². The van der Waals surface area contributed by atoms with Crippen molar-refractivity contribution in [2.45, 2.75) is 63.3 Å². The lowest BCUT2D eigenvalue weighted by atomic mass is 9.88. The first-order valence-corrected chi connectivity index (χ1v) is 7.11. The molecule has 2 rings (SSSR count). The van der Waals surface area contributed by atoms with Crippen LogP contribution in [0.5, 0.6) is 0 Å². The lowest BCUT2D eigenvalue weighted by Crippen LogP contribution is -2.57. The number of nitrogens with zero attached hydrogens (tertiary/aromatic N) is 1. The first-order chi connectivity index (χ1) is 9.39. The molecule has 0 aromatic carbocycles. The number of amides is 1. The summed E-state index contributed by atoms with van der Waals surface area (Å²) in [6, 6.07) is 0.157. The number of rotatable bonds is 3. The number of carbonyl (C=O) groups is 1. The highest BCUT2D eigenvalue weighted by Gasteiger charge is 2.50. The van der Waals surface area contributed by atoms with Crippen LogP contribution in [0, 0.1) is 10.1 Å². The fraction of sp³-hybridized carbons (Fsp3) is 0.923. The van der Waals surface area contributed by atoms with Gasteiger partial charge in [0, 0.05) is 37.2 Å². The predicted octanol–water partition coefficient (Wildman–Crippen LogP) is 1.23. The average molecular weight is 286 g/mol. The minimum absolute atomic E-state index is 0.0531. The van der Waals surface area contributed by atoms with E-state index in [2.05, 4.69) is 5.32 Å². The van der Waals surface area contributed by atoms with Crippen LogP contribution >= 0.6 is 0 Å². The van der Waals surface area contributed by atoms with Gasteiger partial charge in [0.05, 0.1) is 0 Å². The molecule has 1 saturated carbocycles. The molecule has 7 heteroatoms. The number of carbonyl (C=O) groups excluding carboxylic acids is 1. The van der Waals surface area contributed by atoms with E-state index in [9.17, 15) is 14.9 Å². The summed E-state index contributed by atoms with van der Waals surface area (Å²) in [7, 11) is 0. The Morgan fingerprint density at radius 1 is 1.35 bits per heavy atom. The van der Waals surface area contributed by atoms with Crippen molar-refractivity contribution in [1.82, 2.24) is 5.32 Å². The number of nitrogens with one attached hydrogen (secondary N) is 1. The molecule has 1 heterocycles. The van der Waals surface area contributed by atoms with Gasteiger partial charge in [0.2, 0.25) is 5.91 Å². The Kier molecular flexibility index (Phi) is 4.29. The zero-order valence-corrected chi connectivity index (χ0v) is 12.0. The molecule has 0 aromatic heterocycles. The molecule has 2 fully saturated rings. The monoisotopic (exact) mass is 286 g/mol. The van der Waals surface area contributed by atoms with Gasteiger partial charge in [-0.1, -0.05) is 6.92 Å². The summed E-state index contributed by atoms with van der Waals surface area (Å²) in [4.78, 5) is 22.0. The minimum Gasteiger partial charge on any atom is -0.353 e. The van der Waals surface area contributed by atoms with Gasteiger partial charge >= 0.3 is 0 Å². The van der Waals surface area contributed by atoms with Gasteiger partial charge < -0.3 is 14.8 Å². The van der Waals surface area contributed by atoms with Crippen molar-refractivity contribution in [3.63, 3.8) is 0 Å². The van der Waals surface area contributed by atoms with Crippen molar-refractivity contribution in [1.29, 1.82) is 0 Å². The number of nitro groups is 1. The molecule has 1 N–H and O–H groups in total. The predicted molar refractivity (Wildman–Crippen MR) is 70.7 cm³/mol. The second-order valence-corrected chi connectivity index (χ2v) is 5.94. The molecule has 0 radical (unpaired) electrons. The van der Waals surface area contributed by atoms with E-state index < -0.39 is 11.3 Å². The van der Waals surface area contributed by atoms with Gasteiger partial charge in [-0.3, -0.25) is 14.9 Å². The van der Waals surface area contributed by atoms with Crippen LogP contribution in [0.4, 0.5) is 0 Å². The van der Waals surface area contributed by atoms with E-state index in [-0.39, 0.29) is 30.1 Å². The third-order valence-electron chi connectivity index (χ3n) is 4.17. The van der Waals surface area contributed by atoms with E-state index in [0.717, 1.165) is 12.8 Å². The zero-order chi connectivity index (χ0) is 14.8. The number of hydrogen-bond donors (Lipinski definition) is 1. The lowest BCUT2D eigenvalue weighted by molar-refractivity contribution is -0.592. The molecule has 1 amide bonds. The Morgan fingerprint density at radius 3 is 2.35 bits per heavy atom. The van der Waals surface area contributed by atoms with Gasteiger partial charge in [0.15, 0.2) is 5.79 Å². The first kappa shape index (κ1) is 15.2. The van der Waals surface area contributed by atoms with E-state index in [0.29, 0.717) is 19.3 Å². The summed E-state index contributed by atoms with van der Waals surface area (Å²) in [5.74, 6) is -0.638. The fourth-order valence-corrected chi connectivity index (χ4v) is 2.58. The molecule has 0 atom stereocenters. The molecular weight excluding hydrogens is 264 g/mol. The molecule has 0 unspecified atom stereocenters. The van der Waals surface area contributed by atoms with Crippen LogP contribution in [0.2, 0.25) is 0 Å². The largest absolute Gasteiger partial charge is 0.353 e. The van der Waals surface area contributed by atoms with Crippen LogP contribution in [-0.4, -0.2) is 41.4 Å². The van der Waals surface area contributed by atoms with Crippen LogP contribution in [0.1, 0.15) is 46.0 Å².